The average molecular weight is 372 g/mol. The van der Waals surface area contributed by atoms with E-state index in [9.17, 15) is 0 Å². The Morgan fingerprint density at radius 3 is 2.69 bits per heavy atom. The maximum absolute atomic E-state index is 5.28. The summed E-state index contributed by atoms with van der Waals surface area (Å²) >= 11 is 1.81. The number of ether oxygens (including phenoxy) is 1. The van der Waals surface area contributed by atoms with Crippen molar-refractivity contribution >= 4 is 11.3 Å². The molecule has 0 unspecified atom stereocenters. The van der Waals surface area contributed by atoms with Crippen molar-refractivity contribution in [1.82, 2.24) is 14.8 Å². The number of aromatic nitrogens is 1. The number of piperidine rings is 1. The number of nitrogens with zero attached hydrogens (tertiary/aromatic N) is 3. The summed E-state index contributed by atoms with van der Waals surface area (Å²) in [6.07, 6.45) is 3.75. The molecule has 0 spiro atoms. The van der Waals surface area contributed by atoms with Crippen LogP contribution in [-0.4, -0.2) is 47.6 Å². The van der Waals surface area contributed by atoms with Crippen molar-refractivity contribution in [2.24, 2.45) is 5.92 Å². The summed E-state index contributed by atoms with van der Waals surface area (Å²) in [5.74, 6) is 1.72. The van der Waals surface area contributed by atoms with Crippen molar-refractivity contribution in [1.29, 1.82) is 0 Å². The maximum Gasteiger partial charge on any atom is 0.118 e. The second-order valence-electron chi connectivity index (χ2n) is 7.65. The van der Waals surface area contributed by atoms with E-state index in [1.807, 2.05) is 11.3 Å². The largest absolute Gasteiger partial charge is 0.497 e. The van der Waals surface area contributed by atoms with Crippen LogP contribution in [0.1, 0.15) is 36.0 Å². The second kappa shape index (κ2) is 8.07. The number of rotatable bonds is 6. The first-order valence-corrected chi connectivity index (χ1v) is 10.6. The molecule has 3 aliphatic heterocycles. The van der Waals surface area contributed by atoms with Crippen LogP contribution < -0.4 is 4.74 Å². The zero-order valence-corrected chi connectivity index (χ0v) is 16.7. The third kappa shape index (κ3) is 4.11. The number of hydrogen-bond donors (Lipinski definition) is 0. The molecule has 140 valence electrons. The molecular weight excluding hydrogens is 342 g/mol. The molecule has 0 aliphatic carbocycles. The standard InChI is InChI=1S/C21H29N3OS/c1-3-21-22-18(15-26-21)13-24-12-17-4-7-19(24)14-23(11-17)10-16-5-8-20(25-2)9-6-16/h5-6,8-9,15,17,19H,3-4,7,10-14H2,1-2H3/t17-,19+/m0/s1. The van der Waals surface area contributed by atoms with Crippen LogP contribution in [0.2, 0.25) is 0 Å². The molecular formula is C21H29N3OS. The van der Waals surface area contributed by atoms with Gasteiger partial charge in [0.2, 0.25) is 0 Å². The molecule has 0 radical (unpaired) electrons. The Morgan fingerprint density at radius 2 is 1.96 bits per heavy atom. The molecule has 3 saturated heterocycles. The van der Waals surface area contributed by atoms with Crippen molar-refractivity contribution in [2.75, 3.05) is 26.7 Å². The summed E-state index contributed by atoms with van der Waals surface area (Å²) in [5.41, 5.74) is 2.65. The molecule has 3 fully saturated rings. The van der Waals surface area contributed by atoms with Gasteiger partial charge in [0.1, 0.15) is 5.75 Å². The van der Waals surface area contributed by atoms with E-state index in [-0.39, 0.29) is 0 Å². The van der Waals surface area contributed by atoms with E-state index in [2.05, 4.69) is 46.4 Å². The van der Waals surface area contributed by atoms with Gasteiger partial charge in [-0.1, -0.05) is 19.1 Å². The van der Waals surface area contributed by atoms with Crippen molar-refractivity contribution in [3.63, 3.8) is 0 Å². The fourth-order valence-corrected chi connectivity index (χ4v) is 5.12. The first-order chi connectivity index (χ1) is 12.7. The molecule has 5 rings (SSSR count). The summed E-state index contributed by atoms with van der Waals surface area (Å²) in [4.78, 5) is 10.1. The Morgan fingerprint density at radius 1 is 1.12 bits per heavy atom. The summed E-state index contributed by atoms with van der Waals surface area (Å²) < 4.78 is 5.28. The van der Waals surface area contributed by atoms with Crippen LogP contribution in [0.3, 0.4) is 0 Å². The van der Waals surface area contributed by atoms with Gasteiger partial charge in [0.25, 0.3) is 0 Å². The molecule has 26 heavy (non-hydrogen) atoms. The number of benzene rings is 1. The predicted octanol–water partition coefficient (Wildman–Crippen LogP) is 3.81. The highest BCUT2D eigenvalue weighted by atomic mass is 32.1. The summed E-state index contributed by atoms with van der Waals surface area (Å²) in [7, 11) is 1.72. The fourth-order valence-electron chi connectivity index (χ4n) is 4.38. The monoisotopic (exact) mass is 371 g/mol. The molecule has 1 aromatic heterocycles. The van der Waals surface area contributed by atoms with E-state index in [4.69, 9.17) is 9.72 Å². The second-order valence-corrected chi connectivity index (χ2v) is 8.60. The SMILES string of the molecule is CCc1nc(CN2C[C@H]3CC[C@@H]2CN(Cc2ccc(OC)cc2)C3)cs1. The zero-order valence-electron chi connectivity index (χ0n) is 15.9. The van der Waals surface area contributed by atoms with Gasteiger partial charge in [-0.2, -0.15) is 0 Å². The number of hydrogen-bond acceptors (Lipinski definition) is 5. The highest BCUT2D eigenvalue weighted by Gasteiger charge is 2.34. The lowest BCUT2D eigenvalue weighted by Crippen LogP contribution is -2.43. The zero-order chi connectivity index (χ0) is 17.9. The summed E-state index contributed by atoms with van der Waals surface area (Å²) in [5, 5.41) is 3.52. The molecule has 4 heterocycles. The van der Waals surface area contributed by atoms with Crippen molar-refractivity contribution in [3.8, 4) is 5.75 Å². The topological polar surface area (TPSA) is 28.6 Å². The van der Waals surface area contributed by atoms with Gasteiger partial charge in [-0.3, -0.25) is 9.80 Å². The Bertz CT molecular complexity index is 714. The normalized spacial score (nSPS) is 23.9. The first kappa shape index (κ1) is 18.0. The maximum atomic E-state index is 5.28. The molecule has 0 N–H and O–H groups in total. The van der Waals surface area contributed by atoms with E-state index in [0.717, 1.165) is 31.2 Å². The Hall–Kier alpha value is -1.43. The van der Waals surface area contributed by atoms with Crippen LogP contribution in [-0.2, 0) is 19.5 Å². The van der Waals surface area contributed by atoms with Gasteiger partial charge >= 0.3 is 0 Å². The molecule has 5 heteroatoms. The molecule has 0 saturated carbocycles. The predicted molar refractivity (Wildman–Crippen MR) is 107 cm³/mol. The van der Waals surface area contributed by atoms with Gasteiger partial charge in [0.15, 0.2) is 0 Å². The average Bonchev–Trinajstić information content (AvgIpc) is 2.95. The van der Waals surface area contributed by atoms with Gasteiger partial charge in [0.05, 0.1) is 17.8 Å². The van der Waals surface area contributed by atoms with Gasteiger partial charge < -0.3 is 4.74 Å². The summed E-state index contributed by atoms with van der Waals surface area (Å²) in [6, 6.07) is 9.21. The lowest BCUT2D eigenvalue weighted by Gasteiger charge is -2.35. The Labute approximate surface area is 160 Å². The molecule has 4 nitrogen and oxygen atoms in total. The smallest absolute Gasteiger partial charge is 0.118 e. The quantitative estimate of drug-likeness (QED) is 0.772. The molecule has 2 bridgehead atoms. The molecule has 2 aromatic rings. The Balaban J connectivity index is 1.40. The fraction of sp³-hybridized carbons (Fsp3) is 0.571. The van der Waals surface area contributed by atoms with Crippen LogP contribution in [0.4, 0.5) is 0 Å². The first-order valence-electron chi connectivity index (χ1n) is 9.76. The van der Waals surface area contributed by atoms with Gasteiger partial charge in [-0.05, 0) is 42.9 Å². The third-order valence-corrected chi connectivity index (χ3v) is 6.78. The van der Waals surface area contributed by atoms with Crippen LogP contribution in [0.15, 0.2) is 29.6 Å². The van der Waals surface area contributed by atoms with Crippen LogP contribution in [0.25, 0.3) is 0 Å². The minimum atomic E-state index is 0.666. The van der Waals surface area contributed by atoms with Gasteiger partial charge in [0, 0.05) is 44.1 Å². The minimum Gasteiger partial charge on any atom is -0.497 e. The van der Waals surface area contributed by atoms with Crippen LogP contribution >= 0.6 is 11.3 Å². The number of thiazole rings is 1. The third-order valence-electron chi connectivity index (χ3n) is 5.73. The van der Waals surface area contributed by atoms with E-state index in [0.29, 0.717) is 6.04 Å². The van der Waals surface area contributed by atoms with E-state index in [1.165, 1.54) is 48.7 Å². The van der Waals surface area contributed by atoms with Crippen LogP contribution in [0.5, 0.6) is 5.75 Å². The summed E-state index contributed by atoms with van der Waals surface area (Å²) in [6.45, 7) is 7.87. The van der Waals surface area contributed by atoms with E-state index < -0.39 is 0 Å². The van der Waals surface area contributed by atoms with Crippen molar-refractivity contribution in [3.05, 3.63) is 45.9 Å². The number of fused-ring (bicyclic) bond motifs is 4. The molecule has 3 aliphatic rings. The highest BCUT2D eigenvalue weighted by Crippen LogP contribution is 2.30. The van der Waals surface area contributed by atoms with Gasteiger partial charge in [-0.15, -0.1) is 11.3 Å². The van der Waals surface area contributed by atoms with E-state index >= 15 is 0 Å². The van der Waals surface area contributed by atoms with Crippen molar-refractivity contribution in [2.45, 2.75) is 45.3 Å². The lowest BCUT2D eigenvalue weighted by atomic mass is 9.95. The van der Waals surface area contributed by atoms with E-state index in [1.54, 1.807) is 7.11 Å². The van der Waals surface area contributed by atoms with Gasteiger partial charge in [-0.25, -0.2) is 4.98 Å². The molecule has 0 amide bonds. The van der Waals surface area contributed by atoms with Crippen molar-refractivity contribution < 1.29 is 4.74 Å². The van der Waals surface area contributed by atoms with Crippen LogP contribution in [0, 0.1) is 5.92 Å². The number of aryl methyl sites for hydroxylation is 1. The Kier molecular flexibility index (Phi) is 5.57. The highest BCUT2D eigenvalue weighted by molar-refractivity contribution is 7.09. The number of methoxy groups -OCH3 is 1. The molecule has 2 atom stereocenters. The lowest BCUT2D eigenvalue weighted by molar-refractivity contribution is 0.122. The minimum absolute atomic E-state index is 0.666. The molecule has 1 aromatic carbocycles.